The third-order valence-electron chi connectivity index (χ3n) is 4.02. The van der Waals surface area contributed by atoms with Crippen molar-refractivity contribution in [1.82, 2.24) is 10.2 Å². The third kappa shape index (κ3) is 3.83. The summed E-state index contributed by atoms with van der Waals surface area (Å²) in [6.45, 7) is 9.97. The highest BCUT2D eigenvalue weighted by Crippen LogP contribution is 2.16. The van der Waals surface area contributed by atoms with Crippen LogP contribution in [0.15, 0.2) is 18.2 Å². The van der Waals surface area contributed by atoms with Gasteiger partial charge in [0.25, 0.3) is 5.91 Å². The van der Waals surface area contributed by atoms with Gasteiger partial charge in [-0.25, -0.2) is 0 Å². The molecular weight excluding hydrogens is 248 g/mol. The number of amides is 1. The van der Waals surface area contributed by atoms with E-state index in [0.717, 1.165) is 42.9 Å². The topological polar surface area (TPSA) is 32.3 Å². The minimum Gasteiger partial charge on any atom is -0.339 e. The lowest BCUT2D eigenvalue weighted by Gasteiger charge is -2.29. The highest BCUT2D eigenvalue weighted by Gasteiger charge is 2.20. The molecule has 0 aromatic heterocycles. The van der Waals surface area contributed by atoms with Crippen LogP contribution in [0.25, 0.3) is 0 Å². The SMILES string of the molecule is CCN(CC1CCCNC1)C(=O)c1cc(C)cc(C)c1. The Morgan fingerprint density at radius 1 is 1.30 bits per heavy atom. The van der Waals surface area contributed by atoms with Gasteiger partial charge in [-0.05, 0) is 64.8 Å². The summed E-state index contributed by atoms with van der Waals surface area (Å²) in [5.74, 6) is 0.767. The maximum atomic E-state index is 12.7. The summed E-state index contributed by atoms with van der Waals surface area (Å²) in [5.41, 5.74) is 3.14. The zero-order valence-electron chi connectivity index (χ0n) is 12.9. The number of hydrogen-bond donors (Lipinski definition) is 1. The number of nitrogens with one attached hydrogen (secondary N) is 1. The number of hydrogen-bond acceptors (Lipinski definition) is 2. The van der Waals surface area contributed by atoms with Crippen molar-refractivity contribution in [2.45, 2.75) is 33.6 Å². The molecular formula is C17H26N2O. The molecule has 1 N–H and O–H groups in total. The normalized spacial score (nSPS) is 18.9. The van der Waals surface area contributed by atoms with Crippen LogP contribution in [-0.4, -0.2) is 37.0 Å². The Bertz CT molecular complexity index is 444. The zero-order chi connectivity index (χ0) is 14.5. The average Bonchev–Trinajstić information content (AvgIpc) is 2.44. The van der Waals surface area contributed by atoms with Gasteiger partial charge < -0.3 is 10.2 Å². The highest BCUT2D eigenvalue weighted by atomic mass is 16.2. The molecule has 1 fully saturated rings. The number of rotatable bonds is 4. The second-order valence-electron chi connectivity index (χ2n) is 5.93. The van der Waals surface area contributed by atoms with Crippen molar-refractivity contribution < 1.29 is 4.79 Å². The Balaban J connectivity index is 2.07. The van der Waals surface area contributed by atoms with Gasteiger partial charge in [0.2, 0.25) is 0 Å². The van der Waals surface area contributed by atoms with E-state index in [-0.39, 0.29) is 5.91 Å². The van der Waals surface area contributed by atoms with E-state index in [0.29, 0.717) is 5.92 Å². The first-order valence-corrected chi connectivity index (χ1v) is 7.68. The quantitative estimate of drug-likeness (QED) is 0.915. The van der Waals surface area contributed by atoms with Gasteiger partial charge in [0.05, 0.1) is 0 Å². The molecule has 1 aromatic carbocycles. The van der Waals surface area contributed by atoms with Gasteiger partial charge in [-0.15, -0.1) is 0 Å². The van der Waals surface area contributed by atoms with Crippen molar-refractivity contribution in [2.75, 3.05) is 26.2 Å². The fourth-order valence-electron chi connectivity index (χ4n) is 3.03. The number of carbonyl (C=O) groups is 1. The summed E-state index contributed by atoms with van der Waals surface area (Å²) in [4.78, 5) is 14.7. The summed E-state index contributed by atoms with van der Waals surface area (Å²) in [7, 11) is 0. The molecule has 3 nitrogen and oxygen atoms in total. The first kappa shape index (κ1) is 15.0. The van der Waals surface area contributed by atoms with Crippen LogP contribution in [0.3, 0.4) is 0 Å². The number of aryl methyl sites for hydroxylation is 2. The molecule has 3 heteroatoms. The van der Waals surface area contributed by atoms with Crippen LogP contribution >= 0.6 is 0 Å². The standard InChI is InChI=1S/C17H26N2O/c1-4-19(12-15-6-5-7-18-11-15)17(20)16-9-13(2)8-14(3)10-16/h8-10,15,18H,4-7,11-12H2,1-3H3. The summed E-state index contributed by atoms with van der Waals surface area (Å²) in [6.07, 6.45) is 2.45. The second kappa shape index (κ2) is 6.89. The van der Waals surface area contributed by atoms with Crippen LogP contribution in [0.5, 0.6) is 0 Å². The molecule has 1 aromatic rings. The monoisotopic (exact) mass is 274 g/mol. The van der Waals surface area contributed by atoms with Crippen LogP contribution < -0.4 is 5.32 Å². The predicted molar refractivity (Wildman–Crippen MR) is 83.1 cm³/mol. The molecule has 0 radical (unpaired) electrons. The van der Waals surface area contributed by atoms with Gasteiger partial charge >= 0.3 is 0 Å². The first-order valence-electron chi connectivity index (χ1n) is 7.68. The van der Waals surface area contributed by atoms with Crippen molar-refractivity contribution in [2.24, 2.45) is 5.92 Å². The third-order valence-corrected chi connectivity index (χ3v) is 4.02. The van der Waals surface area contributed by atoms with Gasteiger partial charge in [0.15, 0.2) is 0 Å². The lowest BCUT2D eigenvalue weighted by molar-refractivity contribution is 0.0729. The first-order chi connectivity index (χ1) is 9.60. The molecule has 0 saturated carbocycles. The average molecular weight is 274 g/mol. The van der Waals surface area contributed by atoms with Crippen LogP contribution in [-0.2, 0) is 0 Å². The van der Waals surface area contributed by atoms with Gasteiger partial charge in [0.1, 0.15) is 0 Å². The minimum absolute atomic E-state index is 0.171. The van der Waals surface area contributed by atoms with Crippen LogP contribution in [0.2, 0.25) is 0 Å². The summed E-state index contributed by atoms with van der Waals surface area (Å²) in [5, 5.41) is 3.42. The molecule has 20 heavy (non-hydrogen) atoms. The van der Waals surface area contributed by atoms with Crippen LogP contribution in [0.4, 0.5) is 0 Å². The fourth-order valence-corrected chi connectivity index (χ4v) is 3.03. The summed E-state index contributed by atoms with van der Waals surface area (Å²) < 4.78 is 0. The predicted octanol–water partition coefficient (Wildman–Crippen LogP) is 2.77. The molecule has 0 aliphatic carbocycles. The molecule has 1 aliphatic heterocycles. The summed E-state index contributed by atoms with van der Waals surface area (Å²) in [6, 6.07) is 6.10. The molecule has 0 spiro atoms. The van der Waals surface area contributed by atoms with Gasteiger partial charge in [-0.2, -0.15) is 0 Å². The van der Waals surface area contributed by atoms with Crippen LogP contribution in [0, 0.1) is 19.8 Å². The second-order valence-corrected chi connectivity index (χ2v) is 5.93. The van der Waals surface area contributed by atoms with Crippen molar-refractivity contribution in [3.05, 3.63) is 34.9 Å². The Morgan fingerprint density at radius 2 is 2.00 bits per heavy atom. The molecule has 1 unspecified atom stereocenters. The maximum Gasteiger partial charge on any atom is 0.253 e. The van der Waals surface area contributed by atoms with E-state index < -0.39 is 0 Å². The van der Waals surface area contributed by atoms with E-state index >= 15 is 0 Å². The molecule has 2 rings (SSSR count). The molecule has 1 heterocycles. The number of benzene rings is 1. The van der Waals surface area contributed by atoms with Gasteiger partial charge in [0, 0.05) is 18.7 Å². The Morgan fingerprint density at radius 3 is 2.55 bits per heavy atom. The molecule has 1 atom stereocenters. The molecule has 110 valence electrons. The maximum absolute atomic E-state index is 12.7. The minimum atomic E-state index is 0.171. The summed E-state index contributed by atoms with van der Waals surface area (Å²) >= 11 is 0. The van der Waals surface area contributed by atoms with Crippen molar-refractivity contribution in [1.29, 1.82) is 0 Å². The molecule has 1 amide bonds. The van der Waals surface area contributed by atoms with Gasteiger partial charge in [-0.1, -0.05) is 17.2 Å². The Labute approximate surface area is 122 Å². The smallest absolute Gasteiger partial charge is 0.253 e. The number of carbonyl (C=O) groups excluding carboxylic acids is 1. The van der Waals surface area contributed by atoms with E-state index in [2.05, 4.69) is 18.3 Å². The fraction of sp³-hybridized carbons (Fsp3) is 0.588. The van der Waals surface area contributed by atoms with E-state index in [9.17, 15) is 4.79 Å². The van der Waals surface area contributed by atoms with Crippen molar-refractivity contribution in [3.63, 3.8) is 0 Å². The Hall–Kier alpha value is -1.35. The van der Waals surface area contributed by atoms with Crippen molar-refractivity contribution in [3.8, 4) is 0 Å². The van der Waals surface area contributed by atoms with E-state index in [1.165, 1.54) is 12.8 Å². The Kier molecular flexibility index (Phi) is 5.18. The molecule has 1 aliphatic rings. The van der Waals surface area contributed by atoms with E-state index in [1.807, 2.05) is 30.9 Å². The lowest BCUT2D eigenvalue weighted by Crippen LogP contribution is -2.41. The van der Waals surface area contributed by atoms with Crippen molar-refractivity contribution >= 4 is 5.91 Å². The molecule has 1 saturated heterocycles. The number of piperidine rings is 1. The van der Waals surface area contributed by atoms with E-state index in [1.54, 1.807) is 0 Å². The number of nitrogens with zero attached hydrogens (tertiary/aromatic N) is 1. The van der Waals surface area contributed by atoms with Gasteiger partial charge in [-0.3, -0.25) is 4.79 Å². The molecule has 0 bridgehead atoms. The zero-order valence-corrected chi connectivity index (χ0v) is 12.9. The highest BCUT2D eigenvalue weighted by molar-refractivity contribution is 5.94. The largest absolute Gasteiger partial charge is 0.339 e. The van der Waals surface area contributed by atoms with Crippen LogP contribution in [0.1, 0.15) is 41.3 Å². The lowest BCUT2D eigenvalue weighted by atomic mass is 9.98. The van der Waals surface area contributed by atoms with E-state index in [4.69, 9.17) is 0 Å².